The Morgan fingerprint density at radius 2 is 2.12 bits per heavy atom. The number of hydrogen-bond acceptors (Lipinski definition) is 3. The normalized spacial score (nSPS) is 11.6. The standard InChI is InChI=1S/C11H13BrN2O3/c1-14-10(15)9(17-11(13)16)6-7-4-2-3-5-8(7)12/h2-5,9H,6H2,1H3,(H2,13,16)(H,14,15). The van der Waals surface area contributed by atoms with Crippen LogP contribution in [-0.2, 0) is 16.0 Å². The number of hydrogen-bond donors (Lipinski definition) is 2. The first-order chi connectivity index (χ1) is 8.04. The zero-order valence-corrected chi connectivity index (χ0v) is 10.9. The highest BCUT2D eigenvalue weighted by Gasteiger charge is 2.22. The number of likely N-dealkylation sites (N-methyl/N-ethyl adjacent to an activating group) is 1. The van der Waals surface area contributed by atoms with E-state index in [-0.39, 0.29) is 12.3 Å². The Kier molecular flexibility index (Phi) is 4.96. The van der Waals surface area contributed by atoms with Gasteiger partial charge in [-0.3, -0.25) is 4.79 Å². The SMILES string of the molecule is CNC(=O)C(Cc1ccccc1Br)OC(N)=O. The van der Waals surface area contributed by atoms with E-state index in [1.54, 1.807) is 0 Å². The minimum Gasteiger partial charge on any atom is -0.436 e. The number of amides is 2. The van der Waals surface area contributed by atoms with Gasteiger partial charge in [0.2, 0.25) is 0 Å². The minimum absolute atomic E-state index is 0.268. The second-order valence-corrected chi connectivity index (χ2v) is 4.19. The van der Waals surface area contributed by atoms with Crippen LogP contribution in [0.15, 0.2) is 28.7 Å². The molecule has 0 heterocycles. The molecular weight excluding hydrogens is 288 g/mol. The Hall–Kier alpha value is -1.56. The monoisotopic (exact) mass is 300 g/mol. The first kappa shape index (κ1) is 13.5. The van der Waals surface area contributed by atoms with Crippen molar-refractivity contribution in [1.29, 1.82) is 0 Å². The van der Waals surface area contributed by atoms with Gasteiger partial charge in [0.15, 0.2) is 6.10 Å². The number of nitrogens with one attached hydrogen (secondary N) is 1. The fraction of sp³-hybridized carbons (Fsp3) is 0.273. The summed E-state index contributed by atoms with van der Waals surface area (Å²) in [5, 5.41) is 2.42. The molecule has 0 fully saturated rings. The van der Waals surface area contributed by atoms with Gasteiger partial charge in [-0.2, -0.15) is 0 Å². The molecule has 0 saturated carbocycles. The fourth-order valence-corrected chi connectivity index (χ4v) is 1.80. The van der Waals surface area contributed by atoms with Crippen LogP contribution in [0.1, 0.15) is 5.56 Å². The molecule has 17 heavy (non-hydrogen) atoms. The van der Waals surface area contributed by atoms with Gasteiger partial charge >= 0.3 is 6.09 Å². The van der Waals surface area contributed by atoms with Gasteiger partial charge in [-0.15, -0.1) is 0 Å². The molecule has 5 nitrogen and oxygen atoms in total. The number of benzene rings is 1. The van der Waals surface area contributed by atoms with Gasteiger partial charge in [0, 0.05) is 17.9 Å². The van der Waals surface area contributed by atoms with Crippen molar-refractivity contribution >= 4 is 27.9 Å². The Bertz CT molecular complexity index is 423. The van der Waals surface area contributed by atoms with Gasteiger partial charge in [-0.25, -0.2) is 4.79 Å². The van der Waals surface area contributed by atoms with Gasteiger partial charge in [0.1, 0.15) is 0 Å². The van der Waals surface area contributed by atoms with Crippen LogP contribution < -0.4 is 11.1 Å². The molecule has 0 saturated heterocycles. The van der Waals surface area contributed by atoms with Crippen LogP contribution in [0.25, 0.3) is 0 Å². The second kappa shape index (κ2) is 6.24. The van der Waals surface area contributed by atoms with Crippen molar-refractivity contribution in [3.8, 4) is 0 Å². The summed E-state index contributed by atoms with van der Waals surface area (Å²) in [4.78, 5) is 22.2. The summed E-state index contributed by atoms with van der Waals surface area (Å²) < 4.78 is 5.62. The predicted molar refractivity (Wildman–Crippen MR) is 66.4 cm³/mol. The number of halogens is 1. The number of primary amides is 1. The predicted octanol–water partition coefficient (Wildman–Crippen LogP) is 1.20. The van der Waals surface area contributed by atoms with Crippen LogP contribution in [0.5, 0.6) is 0 Å². The lowest BCUT2D eigenvalue weighted by atomic mass is 10.1. The fourth-order valence-electron chi connectivity index (χ4n) is 1.35. The summed E-state index contributed by atoms with van der Waals surface area (Å²) in [7, 11) is 1.47. The highest BCUT2D eigenvalue weighted by Crippen LogP contribution is 2.18. The smallest absolute Gasteiger partial charge is 0.405 e. The van der Waals surface area contributed by atoms with Crippen LogP contribution in [0.3, 0.4) is 0 Å². The van der Waals surface area contributed by atoms with Crippen molar-refractivity contribution in [2.45, 2.75) is 12.5 Å². The maximum Gasteiger partial charge on any atom is 0.405 e. The maximum atomic E-state index is 11.5. The van der Waals surface area contributed by atoms with Gasteiger partial charge < -0.3 is 15.8 Å². The molecule has 92 valence electrons. The van der Waals surface area contributed by atoms with E-state index in [9.17, 15) is 9.59 Å². The van der Waals surface area contributed by atoms with Gasteiger partial charge in [-0.1, -0.05) is 34.1 Å². The van der Waals surface area contributed by atoms with E-state index in [1.807, 2.05) is 24.3 Å². The largest absolute Gasteiger partial charge is 0.436 e. The quantitative estimate of drug-likeness (QED) is 0.877. The third-order valence-corrected chi connectivity index (χ3v) is 2.93. The second-order valence-electron chi connectivity index (χ2n) is 3.34. The maximum absolute atomic E-state index is 11.5. The van der Waals surface area contributed by atoms with Crippen LogP contribution >= 0.6 is 15.9 Å². The van der Waals surface area contributed by atoms with E-state index in [0.717, 1.165) is 10.0 Å². The van der Waals surface area contributed by atoms with Crippen molar-refractivity contribution < 1.29 is 14.3 Å². The van der Waals surface area contributed by atoms with Crippen molar-refractivity contribution in [2.75, 3.05) is 7.05 Å². The molecule has 1 aromatic rings. The Balaban J connectivity index is 2.82. The lowest BCUT2D eigenvalue weighted by Crippen LogP contribution is -2.38. The zero-order chi connectivity index (χ0) is 12.8. The van der Waals surface area contributed by atoms with Gasteiger partial charge in [0.05, 0.1) is 0 Å². The number of carbonyl (C=O) groups excluding carboxylic acids is 2. The highest BCUT2D eigenvalue weighted by molar-refractivity contribution is 9.10. The first-order valence-corrected chi connectivity index (χ1v) is 5.75. The van der Waals surface area contributed by atoms with Crippen LogP contribution in [0, 0.1) is 0 Å². The molecule has 2 amide bonds. The van der Waals surface area contributed by atoms with E-state index in [1.165, 1.54) is 7.05 Å². The molecule has 1 atom stereocenters. The van der Waals surface area contributed by atoms with Crippen molar-refractivity contribution in [2.24, 2.45) is 5.73 Å². The van der Waals surface area contributed by atoms with Crippen molar-refractivity contribution in [1.82, 2.24) is 5.32 Å². The van der Waals surface area contributed by atoms with Crippen LogP contribution in [-0.4, -0.2) is 25.2 Å². The highest BCUT2D eigenvalue weighted by atomic mass is 79.9. The Morgan fingerprint density at radius 1 is 1.47 bits per heavy atom. The molecule has 3 N–H and O–H groups in total. The molecule has 0 aliphatic heterocycles. The molecule has 1 rings (SSSR count). The minimum atomic E-state index is -0.967. The average Bonchev–Trinajstić information content (AvgIpc) is 2.29. The number of nitrogens with two attached hydrogens (primary N) is 1. The summed E-state index contributed by atoms with van der Waals surface area (Å²) in [6.45, 7) is 0. The third-order valence-electron chi connectivity index (χ3n) is 2.16. The molecule has 0 bridgehead atoms. The Labute approximate surface area is 107 Å². The average molecular weight is 301 g/mol. The van der Waals surface area contributed by atoms with E-state index in [0.29, 0.717) is 0 Å². The van der Waals surface area contributed by atoms with Crippen molar-refractivity contribution in [3.63, 3.8) is 0 Å². The molecule has 1 aromatic carbocycles. The molecule has 6 heteroatoms. The van der Waals surface area contributed by atoms with Crippen LogP contribution in [0.2, 0.25) is 0 Å². The van der Waals surface area contributed by atoms with E-state index in [4.69, 9.17) is 10.5 Å². The zero-order valence-electron chi connectivity index (χ0n) is 9.27. The summed E-state index contributed by atoms with van der Waals surface area (Å²) in [6.07, 6.45) is -1.62. The number of carbonyl (C=O) groups is 2. The lowest BCUT2D eigenvalue weighted by molar-refractivity contribution is -0.128. The summed E-state index contributed by atoms with van der Waals surface area (Å²) >= 11 is 3.36. The lowest BCUT2D eigenvalue weighted by Gasteiger charge is -2.15. The number of ether oxygens (including phenoxy) is 1. The third kappa shape index (κ3) is 4.07. The molecule has 0 aliphatic rings. The van der Waals surface area contributed by atoms with E-state index in [2.05, 4.69) is 21.2 Å². The molecule has 1 unspecified atom stereocenters. The molecule has 0 spiro atoms. The topological polar surface area (TPSA) is 81.4 Å². The van der Waals surface area contributed by atoms with E-state index < -0.39 is 12.2 Å². The number of rotatable bonds is 4. The summed E-state index contributed by atoms with van der Waals surface area (Å²) in [6, 6.07) is 7.38. The first-order valence-electron chi connectivity index (χ1n) is 4.95. The van der Waals surface area contributed by atoms with Crippen molar-refractivity contribution in [3.05, 3.63) is 34.3 Å². The molecule has 0 aromatic heterocycles. The van der Waals surface area contributed by atoms with Gasteiger partial charge in [-0.05, 0) is 11.6 Å². The summed E-state index contributed by atoms with van der Waals surface area (Å²) in [5.74, 6) is -0.389. The molecular formula is C11H13BrN2O3. The molecule has 0 aliphatic carbocycles. The van der Waals surface area contributed by atoms with E-state index >= 15 is 0 Å². The van der Waals surface area contributed by atoms with Gasteiger partial charge in [0.25, 0.3) is 5.91 Å². The Morgan fingerprint density at radius 3 is 2.65 bits per heavy atom. The summed E-state index contributed by atoms with van der Waals surface area (Å²) in [5.41, 5.74) is 5.79. The van der Waals surface area contributed by atoms with Crippen LogP contribution in [0.4, 0.5) is 4.79 Å². The molecule has 0 radical (unpaired) electrons.